The molecule has 0 unspecified atom stereocenters. The Morgan fingerprint density at radius 1 is 1.38 bits per heavy atom. The average molecular weight is 335 g/mol. The van der Waals surface area contributed by atoms with Crippen molar-refractivity contribution in [3.63, 3.8) is 0 Å². The van der Waals surface area contributed by atoms with E-state index >= 15 is 0 Å². The van der Waals surface area contributed by atoms with Crippen LogP contribution >= 0.6 is 0 Å². The molecule has 0 radical (unpaired) electrons. The van der Waals surface area contributed by atoms with Crippen LogP contribution in [0.5, 0.6) is 0 Å². The van der Waals surface area contributed by atoms with E-state index in [0.717, 1.165) is 38.8 Å². The summed E-state index contributed by atoms with van der Waals surface area (Å²) in [4.78, 5) is 2.53. The van der Waals surface area contributed by atoms with Crippen LogP contribution in [0.15, 0.2) is 6.07 Å². The second-order valence-electron chi connectivity index (χ2n) is 7.59. The number of aliphatic hydroxyl groups excluding tert-OH is 1. The number of likely N-dealkylation sites (tertiary alicyclic amines) is 1. The molecule has 1 aromatic heterocycles. The quantitative estimate of drug-likeness (QED) is 0.795. The van der Waals surface area contributed by atoms with Crippen LogP contribution in [-0.4, -0.2) is 64.8 Å². The molecule has 2 heterocycles. The molecular formula is C18H29N3O3. The van der Waals surface area contributed by atoms with Crippen molar-refractivity contribution < 1.29 is 14.6 Å². The molecule has 134 valence electrons. The summed E-state index contributed by atoms with van der Waals surface area (Å²) in [5.41, 5.74) is 2.41. The molecule has 24 heavy (non-hydrogen) atoms. The molecule has 4 rings (SSSR count). The molecule has 3 aliphatic rings. The maximum absolute atomic E-state index is 9.01. The molecule has 3 fully saturated rings. The Bertz CT molecular complexity index is 559. The van der Waals surface area contributed by atoms with Crippen LogP contribution < -0.4 is 0 Å². The number of H-pyrrole nitrogens is 1. The lowest BCUT2D eigenvalue weighted by molar-refractivity contribution is -0.104. The standard InChI is InChI=1S/C18H29N3O3/c1-23-18-5-4-15(24-9-8-22)11-17(18)21(7-6-18)12-14-10-16(20-19-14)13-2-3-13/h10,13,15,17,22H,2-9,11-12H2,1H3,(H,19,20)/t15-,17+,18-/m1/s1. The van der Waals surface area contributed by atoms with Gasteiger partial charge in [-0.3, -0.25) is 10.00 Å². The van der Waals surface area contributed by atoms with E-state index in [-0.39, 0.29) is 18.3 Å². The molecule has 6 nitrogen and oxygen atoms in total. The maximum Gasteiger partial charge on any atom is 0.0847 e. The molecule has 0 aromatic carbocycles. The van der Waals surface area contributed by atoms with Gasteiger partial charge in [-0.1, -0.05) is 0 Å². The van der Waals surface area contributed by atoms with Gasteiger partial charge >= 0.3 is 0 Å². The van der Waals surface area contributed by atoms with Crippen LogP contribution in [0.3, 0.4) is 0 Å². The van der Waals surface area contributed by atoms with Gasteiger partial charge in [-0.25, -0.2) is 0 Å². The zero-order valence-corrected chi connectivity index (χ0v) is 14.5. The molecule has 0 amide bonds. The van der Waals surface area contributed by atoms with Gasteiger partial charge in [-0.2, -0.15) is 5.10 Å². The van der Waals surface area contributed by atoms with E-state index < -0.39 is 0 Å². The predicted molar refractivity (Wildman–Crippen MR) is 89.8 cm³/mol. The summed E-state index contributed by atoms with van der Waals surface area (Å²) in [7, 11) is 1.85. The highest BCUT2D eigenvalue weighted by molar-refractivity contribution is 5.18. The highest BCUT2D eigenvalue weighted by Gasteiger charge is 2.51. The number of rotatable bonds is 7. The largest absolute Gasteiger partial charge is 0.394 e. The van der Waals surface area contributed by atoms with Crippen molar-refractivity contribution >= 4 is 0 Å². The Morgan fingerprint density at radius 2 is 2.25 bits per heavy atom. The van der Waals surface area contributed by atoms with E-state index in [1.165, 1.54) is 24.2 Å². The highest BCUT2D eigenvalue weighted by atomic mass is 16.5. The Labute approximate surface area is 143 Å². The van der Waals surface area contributed by atoms with Crippen molar-refractivity contribution in [2.45, 2.75) is 68.7 Å². The van der Waals surface area contributed by atoms with Gasteiger partial charge in [0.2, 0.25) is 0 Å². The van der Waals surface area contributed by atoms with Gasteiger partial charge in [0.25, 0.3) is 0 Å². The Balaban J connectivity index is 1.44. The zero-order chi connectivity index (χ0) is 16.6. The molecule has 2 saturated carbocycles. The second kappa shape index (κ2) is 6.75. The van der Waals surface area contributed by atoms with Crippen LogP contribution in [0.2, 0.25) is 0 Å². The lowest BCUT2D eigenvalue weighted by atomic mass is 9.79. The highest BCUT2D eigenvalue weighted by Crippen LogP contribution is 2.44. The number of hydrogen-bond donors (Lipinski definition) is 2. The molecular weight excluding hydrogens is 306 g/mol. The Hall–Kier alpha value is -0.950. The molecule has 0 bridgehead atoms. The number of nitrogens with one attached hydrogen (secondary N) is 1. The fourth-order valence-electron chi connectivity index (χ4n) is 4.58. The SMILES string of the molecule is CO[C@@]12CC[C@@H](OCCO)C[C@@H]1N(Cc1cc(C3CC3)n[nH]1)CC2. The number of hydrogen-bond acceptors (Lipinski definition) is 5. The number of ether oxygens (including phenoxy) is 2. The number of fused-ring (bicyclic) bond motifs is 1. The summed E-state index contributed by atoms with van der Waals surface area (Å²) in [5, 5.41) is 16.7. The Morgan fingerprint density at radius 3 is 3.00 bits per heavy atom. The first-order valence-corrected chi connectivity index (χ1v) is 9.30. The Kier molecular flexibility index (Phi) is 4.64. The lowest BCUT2D eigenvalue weighted by Crippen LogP contribution is -2.51. The minimum Gasteiger partial charge on any atom is -0.394 e. The molecule has 2 aliphatic carbocycles. The van der Waals surface area contributed by atoms with E-state index in [4.69, 9.17) is 14.6 Å². The van der Waals surface area contributed by atoms with Gasteiger partial charge in [-0.15, -0.1) is 0 Å². The van der Waals surface area contributed by atoms with Gasteiger partial charge in [0.1, 0.15) is 0 Å². The fourth-order valence-corrected chi connectivity index (χ4v) is 4.58. The van der Waals surface area contributed by atoms with Crippen molar-refractivity contribution in [3.05, 3.63) is 17.5 Å². The van der Waals surface area contributed by atoms with Gasteiger partial charge in [0.15, 0.2) is 0 Å². The topological polar surface area (TPSA) is 70.6 Å². The summed E-state index contributed by atoms with van der Waals surface area (Å²) in [5.74, 6) is 0.692. The smallest absolute Gasteiger partial charge is 0.0847 e. The number of aliphatic hydroxyl groups is 1. The van der Waals surface area contributed by atoms with Gasteiger partial charge in [0.05, 0.1) is 30.6 Å². The zero-order valence-electron chi connectivity index (χ0n) is 14.5. The van der Waals surface area contributed by atoms with E-state index in [2.05, 4.69) is 21.2 Å². The van der Waals surface area contributed by atoms with E-state index in [9.17, 15) is 0 Å². The van der Waals surface area contributed by atoms with Crippen LogP contribution in [0.1, 0.15) is 55.8 Å². The first kappa shape index (κ1) is 16.5. The number of aromatic nitrogens is 2. The summed E-state index contributed by atoms with van der Waals surface area (Å²) >= 11 is 0. The minimum absolute atomic E-state index is 0.0293. The number of nitrogens with zero attached hydrogens (tertiary/aromatic N) is 2. The first-order chi connectivity index (χ1) is 11.7. The van der Waals surface area contributed by atoms with Crippen molar-refractivity contribution in [1.29, 1.82) is 0 Å². The van der Waals surface area contributed by atoms with Gasteiger partial charge in [0, 0.05) is 37.9 Å². The van der Waals surface area contributed by atoms with Crippen molar-refractivity contribution in [3.8, 4) is 0 Å². The predicted octanol–water partition coefficient (Wildman–Crippen LogP) is 1.81. The third-order valence-corrected chi connectivity index (χ3v) is 6.12. The second-order valence-corrected chi connectivity index (χ2v) is 7.59. The van der Waals surface area contributed by atoms with E-state index in [1.54, 1.807) is 0 Å². The molecule has 1 saturated heterocycles. The number of aromatic amines is 1. The average Bonchev–Trinajstić information content (AvgIpc) is 3.26. The minimum atomic E-state index is -0.0293. The molecule has 6 heteroatoms. The summed E-state index contributed by atoms with van der Waals surface area (Å²) in [6, 6.07) is 2.63. The molecule has 1 aliphatic heterocycles. The van der Waals surface area contributed by atoms with E-state index in [1.807, 2.05) is 7.11 Å². The van der Waals surface area contributed by atoms with Gasteiger partial charge < -0.3 is 14.6 Å². The van der Waals surface area contributed by atoms with Crippen LogP contribution in [-0.2, 0) is 16.0 Å². The number of methoxy groups -OCH3 is 1. The normalized spacial score (nSPS) is 33.8. The summed E-state index contributed by atoms with van der Waals surface area (Å²) in [6.45, 7) is 2.49. The summed E-state index contributed by atoms with van der Waals surface area (Å²) in [6.07, 6.45) is 6.93. The molecule has 2 N–H and O–H groups in total. The van der Waals surface area contributed by atoms with E-state index in [0.29, 0.717) is 18.6 Å². The van der Waals surface area contributed by atoms with Crippen LogP contribution in [0, 0.1) is 0 Å². The third-order valence-electron chi connectivity index (χ3n) is 6.12. The molecule has 1 aromatic rings. The first-order valence-electron chi connectivity index (χ1n) is 9.30. The third kappa shape index (κ3) is 3.12. The van der Waals surface area contributed by atoms with Crippen LogP contribution in [0.25, 0.3) is 0 Å². The van der Waals surface area contributed by atoms with Crippen LogP contribution in [0.4, 0.5) is 0 Å². The van der Waals surface area contributed by atoms with Crippen molar-refractivity contribution in [2.75, 3.05) is 26.9 Å². The lowest BCUT2D eigenvalue weighted by Gasteiger charge is -2.43. The maximum atomic E-state index is 9.01. The monoisotopic (exact) mass is 335 g/mol. The fraction of sp³-hybridized carbons (Fsp3) is 0.833. The van der Waals surface area contributed by atoms with Gasteiger partial charge in [-0.05, 0) is 44.6 Å². The van der Waals surface area contributed by atoms with Crippen molar-refractivity contribution in [2.24, 2.45) is 0 Å². The molecule has 3 atom stereocenters. The van der Waals surface area contributed by atoms with Crippen molar-refractivity contribution in [1.82, 2.24) is 15.1 Å². The molecule has 0 spiro atoms. The summed E-state index contributed by atoms with van der Waals surface area (Å²) < 4.78 is 11.8.